The smallest absolute Gasteiger partial charge is 0.430 e. The zero-order chi connectivity index (χ0) is 36.4. The van der Waals surface area contributed by atoms with Gasteiger partial charge in [-0.15, -0.1) is 0 Å². The fourth-order valence-corrected chi connectivity index (χ4v) is 3.79. The van der Waals surface area contributed by atoms with Gasteiger partial charge >= 0.3 is 12.4 Å². The Hall–Kier alpha value is -4.91. The third kappa shape index (κ3) is 12.4. The molecule has 2 heterocycles. The van der Waals surface area contributed by atoms with Crippen LogP contribution in [0.4, 0.5) is 42.4 Å². The molecule has 12 nitrogen and oxygen atoms in total. The van der Waals surface area contributed by atoms with E-state index in [1.54, 1.807) is 24.3 Å². The zero-order valence-electron chi connectivity index (χ0n) is 24.7. The zero-order valence-corrected chi connectivity index (χ0v) is 25.5. The maximum Gasteiger partial charge on any atom is 0.430 e. The van der Waals surface area contributed by atoms with Crippen molar-refractivity contribution in [2.24, 2.45) is 5.92 Å². The number of nitrogens with zero attached hydrogens (tertiary/aromatic N) is 3. The van der Waals surface area contributed by atoms with E-state index in [4.69, 9.17) is 46.6 Å². The maximum atomic E-state index is 15.1. The monoisotopic (exact) mass is 711 g/mol. The van der Waals surface area contributed by atoms with Crippen LogP contribution in [0.5, 0.6) is 11.5 Å². The van der Waals surface area contributed by atoms with Crippen LogP contribution in [0.15, 0.2) is 42.6 Å². The molecule has 3 aromatic rings. The van der Waals surface area contributed by atoms with Gasteiger partial charge in [0, 0.05) is 29.4 Å². The number of rotatable bonds is 7. The van der Waals surface area contributed by atoms with E-state index in [0.717, 1.165) is 5.56 Å². The van der Waals surface area contributed by atoms with E-state index >= 15 is 4.39 Å². The highest BCUT2D eigenvalue weighted by atomic mass is 35.5. The lowest BCUT2D eigenvalue weighted by Crippen LogP contribution is -2.37. The highest BCUT2D eigenvalue weighted by Crippen LogP contribution is 2.35. The average molecular weight is 712 g/mol. The lowest BCUT2D eigenvalue weighted by atomic mass is 9.96. The molecule has 20 heteroatoms. The van der Waals surface area contributed by atoms with E-state index in [9.17, 15) is 31.1 Å². The van der Waals surface area contributed by atoms with E-state index in [-0.39, 0.29) is 29.7 Å². The second-order valence-corrected chi connectivity index (χ2v) is 10.2. The van der Waals surface area contributed by atoms with E-state index in [1.807, 2.05) is 19.0 Å². The summed E-state index contributed by atoms with van der Waals surface area (Å²) in [6.45, 7) is 1.18. The molecule has 1 amide bonds. The molecule has 2 aromatic carbocycles. The van der Waals surface area contributed by atoms with Crippen LogP contribution in [0.25, 0.3) is 11.3 Å². The molecule has 1 aliphatic rings. The molecular formula is C28H25ClF7N5O7-2. The van der Waals surface area contributed by atoms with Gasteiger partial charge in [-0.25, -0.2) is 14.4 Å². The summed E-state index contributed by atoms with van der Waals surface area (Å²) in [5.74, 6) is -6.30. The van der Waals surface area contributed by atoms with Gasteiger partial charge in [0.1, 0.15) is 42.5 Å². The van der Waals surface area contributed by atoms with Gasteiger partial charge in [0.25, 0.3) is 0 Å². The third-order valence-electron chi connectivity index (χ3n) is 5.84. The molecular weight excluding hydrogens is 687 g/mol. The number of likely N-dealkylation sites (N-methyl/N-ethyl adjacent to an activating group) is 1. The molecule has 48 heavy (non-hydrogen) atoms. The molecule has 0 saturated heterocycles. The largest absolute Gasteiger partial charge is 0.542 e. The second-order valence-electron chi connectivity index (χ2n) is 9.80. The first-order valence-electron chi connectivity index (χ1n) is 13.2. The van der Waals surface area contributed by atoms with Crippen molar-refractivity contribution >= 4 is 41.1 Å². The Morgan fingerprint density at radius 1 is 1.06 bits per heavy atom. The number of carboxylic acid groups (broad SMARTS) is 2. The lowest BCUT2D eigenvalue weighted by molar-refractivity contribution is -0.344. The molecule has 0 saturated carbocycles. The summed E-state index contributed by atoms with van der Waals surface area (Å²) in [5, 5.41) is 20.9. The standard InChI is InChI=1S/C24H25ClFN5O3.2C2HF3O2/c1-31(2)7-8-33-22-11-17(19-5-6-28-24(27)30-19)18(26)12-20(22)29-23(32)15-9-14-10-16(25)3-4-21(14)34-13-15;2*3-2(4,5)1(6)7/h3-6,10-12,15H,7-9,13H2,1-2H3,(H,29,32)(H2,27,28,30);2*(H,6,7)/p-2. The molecule has 1 aliphatic heterocycles. The number of nitrogen functional groups attached to an aromatic ring is 1. The van der Waals surface area contributed by atoms with Gasteiger partial charge in [0.2, 0.25) is 11.9 Å². The predicted octanol–water partition coefficient (Wildman–Crippen LogP) is 2.25. The van der Waals surface area contributed by atoms with E-state index < -0.39 is 36.0 Å². The first kappa shape index (κ1) is 39.3. The molecule has 0 bridgehead atoms. The summed E-state index contributed by atoms with van der Waals surface area (Å²) < 4.78 is 89.8. The van der Waals surface area contributed by atoms with Crippen molar-refractivity contribution in [3.63, 3.8) is 0 Å². The normalized spacial score (nSPS) is 13.9. The third-order valence-corrected chi connectivity index (χ3v) is 6.07. The van der Waals surface area contributed by atoms with Gasteiger partial charge < -0.3 is 45.2 Å². The number of aliphatic carboxylic acids is 2. The van der Waals surface area contributed by atoms with Crippen LogP contribution in [0.2, 0.25) is 5.02 Å². The van der Waals surface area contributed by atoms with Crippen LogP contribution >= 0.6 is 11.6 Å². The highest BCUT2D eigenvalue weighted by Gasteiger charge is 2.30. The number of carbonyl (C=O) groups excluding carboxylic acids is 3. The van der Waals surface area contributed by atoms with Crippen LogP contribution in [0.1, 0.15) is 5.56 Å². The predicted molar refractivity (Wildman–Crippen MR) is 151 cm³/mol. The Morgan fingerprint density at radius 2 is 1.67 bits per heavy atom. The molecule has 3 N–H and O–H groups in total. The van der Waals surface area contributed by atoms with Crippen LogP contribution in [-0.4, -0.2) is 78.9 Å². The fraction of sp³-hybridized carbons (Fsp3) is 0.321. The molecule has 0 spiro atoms. The summed E-state index contributed by atoms with van der Waals surface area (Å²) >= 11 is 6.08. The average Bonchev–Trinajstić information content (AvgIpc) is 2.97. The van der Waals surface area contributed by atoms with Gasteiger partial charge in [0.15, 0.2) is 0 Å². The number of nitrogens with one attached hydrogen (secondary N) is 1. The first-order chi connectivity index (χ1) is 22.2. The van der Waals surface area contributed by atoms with Crippen molar-refractivity contribution < 1.29 is 64.8 Å². The summed E-state index contributed by atoms with van der Waals surface area (Å²) in [6, 6.07) is 9.61. The Balaban J connectivity index is 0.000000479. The molecule has 1 aromatic heterocycles. The summed E-state index contributed by atoms with van der Waals surface area (Å²) in [5.41, 5.74) is 7.24. The van der Waals surface area contributed by atoms with Crippen LogP contribution in [-0.2, 0) is 20.8 Å². The van der Waals surface area contributed by atoms with Gasteiger partial charge in [-0.3, -0.25) is 4.79 Å². The number of nitrogens with two attached hydrogens (primary N) is 1. The van der Waals surface area contributed by atoms with Crippen LogP contribution in [0.3, 0.4) is 0 Å². The number of aromatic nitrogens is 2. The van der Waals surface area contributed by atoms with Gasteiger partial charge in [-0.1, -0.05) is 11.6 Å². The van der Waals surface area contributed by atoms with Crippen molar-refractivity contribution in [1.82, 2.24) is 14.9 Å². The van der Waals surface area contributed by atoms with E-state index in [2.05, 4.69) is 15.3 Å². The number of carboxylic acids is 2. The molecule has 4 rings (SSSR count). The van der Waals surface area contributed by atoms with Crippen molar-refractivity contribution in [1.29, 1.82) is 0 Å². The Morgan fingerprint density at radius 3 is 2.21 bits per heavy atom. The Kier molecular flexibility index (Phi) is 13.7. The lowest BCUT2D eigenvalue weighted by Gasteiger charge is -2.25. The molecule has 0 aliphatic carbocycles. The Labute approximate surface area is 272 Å². The van der Waals surface area contributed by atoms with Crippen molar-refractivity contribution in [3.8, 4) is 22.8 Å². The quantitative estimate of drug-likeness (QED) is 0.343. The number of alkyl halides is 6. The van der Waals surface area contributed by atoms with Crippen molar-refractivity contribution in [2.45, 2.75) is 18.8 Å². The topological polar surface area (TPSA) is 183 Å². The first-order valence-corrected chi connectivity index (χ1v) is 13.5. The summed E-state index contributed by atoms with van der Waals surface area (Å²) in [4.78, 5) is 40.5. The molecule has 0 radical (unpaired) electrons. The molecule has 1 atom stereocenters. The van der Waals surface area contributed by atoms with Crippen LogP contribution in [0, 0.1) is 11.7 Å². The van der Waals surface area contributed by atoms with E-state index in [1.165, 1.54) is 18.3 Å². The number of carbonyl (C=O) groups is 3. The molecule has 0 fully saturated rings. The van der Waals surface area contributed by atoms with Gasteiger partial charge in [0.05, 0.1) is 17.3 Å². The second kappa shape index (κ2) is 16.8. The van der Waals surface area contributed by atoms with Gasteiger partial charge in [-0.2, -0.15) is 26.3 Å². The number of hydrogen-bond acceptors (Lipinski definition) is 11. The molecule has 1 unspecified atom stereocenters. The van der Waals surface area contributed by atoms with Crippen molar-refractivity contribution in [2.75, 3.05) is 44.9 Å². The minimum absolute atomic E-state index is 0.0297. The highest BCUT2D eigenvalue weighted by molar-refractivity contribution is 6.30. The minimum atomic E-state index is -5.19. The number of hydrogen-bond donors (Lipinski definition) is 2. The number of benzene rings is 2. The van der Waals surface area contributed by atoms with Crippen molar-refractivity contribution in [3.05, 3.63) is 59.0 Å². The minimum Gasteiger partial charge on any atom is -0.542 e. The SMILES string of the molecule is CN(C)CCOc1cc(-c2ccnc(N)n2)c(F)cc1NC(=O)C1COc2ccc(Cl)cc2C1.O=C([O-])C(F)(F)F.O=C([O-])C(F)(F)F. The summed E-state index contributed by atoms with van der Waals surface area (Å²) in [6.07, 6.45) is -8.48. The number of amides is 1. The Bertz CT molecular complexity index is 1580. The number of halogens is 8. The maximum absolute atomic E-state index is 15.1. The summed E-state index contributed by atoms with van der Waals surface area (Å²) in [7, 11) is 3.83. The van der Waals surface area contributed by atoms with Crippen LogP contribution < -0.4 is 30.7 Å². The number of fused-ring (bicyclic) bond motifs is 1. The number of anilines is 2. The van der Waals surface area contributed by atoms with E-state index in [0.29, 0.717) is 41.8 Å². The fourth-order valence-electron chi connectivity index (χ4n) is 3.60. The number of ether oxygens (including phenoxy) is 2. The van der Waals surface area contributed by atoms with Gasteiger partial charge in [-0.05, 0) is 56.4 Å². The molecule has 262 valence electrons.